The second-order valence-corrected chi connectivity index (χ2v) is 5.10. The highest BCUT2D eigenvalue weighted by atomic mass is 32.2. The number of carbonyl (C=O) groups excluding carboxylic acids is 3. The number of aliphatic hydroxyl groups is 1. The molecule has 0 bridgehead atoms. The van der Waals surface area contributed by atoms with E-state index in [1.807, 2.05) is 0 Å². The largest absolute Gasteiger partial charge is 0.395 e. The van der Waals surface area contributed by atoms with E-state index in [4.69, 9.17) is 10.8 Å². The summed E-state index contributed by atoms with van der Waals surface area (Å²) in [4.78, 5) is 33.1. The molecule has 7 nitrogen and oxygen atoms in total. The third-order valence-corrected chi connectivity index (χ3v) is 3.20. The third kappa shape index (κ3) is 10.3. The molecule has 0 spiro atoms. The van der Waals surface area contributed by atoms with Gasteiger partial charge in [-0.2, -0.15) is 11.8 Å². The lowest BCUT2D eigenvalue weighted by molar-refractivity contribution is -0.126. The van der Waals surface area contributed by atoms with Gasteiger partial charge >= 0.3 is 0 Å². The van der Waals surface area contributed by atoms with Crippen LogP contribution in [0.3, 0.4) is 0 Å². The first kappa shape index (κ1) is 17.7. The number of amides is 3. The molecule has 0 saturated carbocycles. The Morgan fingerprint density at radius 1 is 1.32 bits per heavy atom. The molecule has 0 rings (SSSR count). The first-order valence-electron chi connectivity index (χ1n) is 5.99. The van der Waals surface area contributed by atoms with Gasteiger partial charge in [-0.25, -0.2) is 0 Å². The lowest BCUT2D eigenvalue weighted by Gasteiger charge is -2.13. The summed E-state index contributed by atoms with van der Waals surface area (Å²) in [7, 11) is 0. The number of hydrogen-bond acceptors (Lipinski definition) is 5. The smallest absolute Gasteiger partial charge is 0.240 e. The van der Waals surface area contributed by atoms with Crippen LogP contribution in [0.5, 0.6) is 0 Å². The van der Waals surface area contributed by atoms with E-state index >= 15 is 0 Å². The summed E-state index contributed by atoms with van der Waals surface area (Å²) in [6.07, 6.45) is 0.796. The van der Waals surface area contributed by atoms with Crippen LogP contribution >= 0.6 is 11.8 Å². The number of thioether (sulfide) groups is 1. The molecule has 0 fully saturated rings. The molecule has 5 N–H and O–H groups in total. The van der Waals surface area contributed by atoms with Crippen LogP contribution in [0.4, 0.5) is 0 Å². The Kier molecular flexibility index (Phi) is 9.91. The van der Waals surface area contributed by atoms with Crippen molar-refractivity contribution in [3.05, 3.63) is 0 Å². The Morgan fingerprint density at radius 2 is 2.00 bits per heavy atom. The van der Waals surface area contributed by atoms with E-state index < -0.39 is 11.9 Å². The molecule has 0 aromatic rings. The minimum absolute atomic E-state index is 0.0735. The molecular formula is C11H21N3O4S. The molecule has 0 aliphatic carbocycles. The molecule has 0 aliphatic heterocycles. The molecule has 0 aromatic heterocycles. The van der Waals surface area contributed by atoms with Gasteiger partial charge in [0.15, 0.2) is 0 Å². The van der Waals surface area contributed by atoms with Crippen LogP contribution in [0.2, 0.25) is 0 Å². The monoisotopic (exact) mass is 291 g/mol. The minimum Gasteiger partial charge on any atom is -0.395 e. The van der Waals surface area contributed by atoms with Crippen molar-refractivity contribution in [3.8, 4) is 0 Å². The molecule has 1 atom stereocenters. The Hall–Kier alpha value is -1.28. The molecule has 110 valence electrons. The van der Waals surface area contributed by atoms with Crippen molar-refractivity contribution in [2.24, 2.45) is 5.73 Å². The van der Waals surface area contributed by atoms with E-state index in [9.17, 15) is 14.4 Å². The summed E-state index contributed by atoms with van der Waals surface area (Å²) in [5, 5.41) is 13.5. The van der Waals surface area contributed by atoms with Gasteiger partial charge in [0.2, 0.25) is 17.7 Å². The van der Waals surface area contributed by atoms with Crippen LogP contribution in [0.15, 0.2) is 0 Å². The summed E-state index contributed by atoms with van der Waals surface area (Å²) >= 11 is 1.51. The van der Waals surface area contributed by atoms with Crippen molar-refractivity contribution in [2.75, 3.05) is 24.7 Å². The van der Waals surface area contributed by atoms with Gasteiger partial charge in [0.05, 0.1) is 6.61 Å². The summed E-state index contributed by atoms with van der Waals surface area (Å²) in [5.74, 6) is 0.271. The fourth-order valence-corrected chi connectivity index (χ4v) is 2.22. The third-order valence-electron chi connectivity index (χ3n) is 2.18. The summed E-state index contributed by atoms with van der Waals surface area (Å²) in [6.45, 7) is 1.51. The maximum absolute atomic E-state index is 11.2. The van der Waals surface area contributed by atoms with Crippen LogP contribution in [0, 0.1) is 0 Å². The van der Waals surface area contributed by atoms with Crippen LogP contribution in [-0.2, 0) is 14.4 Å². The van der Waals surface area contributed by atoms with Crippen LogP contribution in [0.25, 0.3) is 0 Å². The molecule has 0 aliphatic rings. The molecule has 0 aromatic carbocycles. The lowest BCUT2D eigenvalue weighted by atomic mass is 10.2. The number of nitrogens with two attached hydrogens (primary N) is 1. The maximum atomic E-state index is 11.2. The Morgan fingerprint density at radius 3 is 2.53 bits per heavy atom. The SMILES string of the molecule is CC(=O)NC(CCSCCC(=O)NCCO)C(N)=O. The van der Waals surface area contributed by atoms with Crippen molar-refractivity contribution in [3.63, 3.8) is 0 Å². The van der Waals surface area contributed by atoms with Gasteiger partial charge in [0.1, 0.15) is 6.04 Å². The van der Waals surface area contributed by atoms with Crippen LogP contribution in [0.1, 0.15) is 19.8 Å². The number of carbonyl (C=O) groups is 3. The van der Waals surface area contributed by atoms with E-state index in [1.165, 1.54) is 18.7 Å². The number of rotatable bonds is 10. The highest BCUT2D eigenvalue weighted by molar-refractivity contribution is 7.99. The van der Waals surface area contributed by atoms with Gasteiger partial charge in [-0.1, -0.05) is 0 Å². The maximum Gasteiger partial charge on any atom is 0.240 e. The molecule has 19 heavy (non-hydrogen) atoms. The second-order valence-electron chi connectivity index (χ2n) is 3.88. The second kappa shape index (κ2) is 10.6. The highest BCUT2D eigenvalue weighted by Gasteiger charge is 2.15. The van der Waals surface area contributed by atoms with Crippen LogP contribution in [-0.4, -0.2) is 53.5 Å². The Bertz CT molecular complexity index is 312. The van der Waals surface area contributed by atoms with Gasteiger partial charge < -0.3 is 21.5 Å². The highest BCUT2D eigenvalue weighted by Crippen LogP contribution is 2.06. The molecule has 0 saturated heterocycles. The topological polar surface area (TPSA) is 122 Å². The average molecular weight is 291 g/mol. The predicted molar refractivity (Wildman–Crippen MR) is 73.5 cm³/mol. The predicted octanol–water partition coefficient (Wildman–Crippen LogP) is -1.40. The molecular weight excluding hydrogens is 270 g/mol. The molecule has 1 unspecified atom stereocenters. The first-order valence-corrected chi connectivity index (χ1v) is 7.14. The van der Waals surface area contributed by atoms with Gasteiger partial charge in [0.25, 0.3) is 0 Å². The number of aliphatic hydroxyl groups excluding tert-OH is 1. The van der Waals surface area contributed by atoms with Gasteiger partial charge in [-0.15, -0.1) is 0 Å². The molecule has 8 heteroatoms. The Labute approximate surface area is 116 Å². The molecule has 0 heterocycles. The first-order chi connectivity index (χ1) is 8.97. The fraction of sp³-hybridized carbons (Fsp3) is 0.727. The van der Waals surface area contributed by atoms with Crippen molar-refractivity contribution in [1.29, 1.82) is 0 Å². The zero-order valence-electron chi connectivity index (χ0n) is 11.0. The van der Waals surface area contributed by atoms with Crippen molar-refractivity contribution < 1.29 is 19.5 Å². The van der Waals surface area contributed by atoms with Crippen LogP contribution < -0.4 is 16.4 Å². The van der Waals surface area contributed by atoms with Gasteiger partial charge in [0, 0.05) is 25.6 Å². The van der Waals surface area contributed by atoms with E-state index in [0.29, 0.717) is 24.3 Å². The number of hydrogen-bond donors (Lipinski definition) is 4. The number of nitrogens with one attached hydrogen (secondary N) is 2. The standard InChI is InChI=1S/C11H21N3O4S/c1-8(16)14-9(11(12)18)2-6-19-7-3-10(17)13-4-5-15/h9,15H,2-7H2,1H3,(H2,12,18)(H,13,17)(H,14,16). The van der Waals surface area contributed by atoms with Gasteiger partial charge in [-0.3, -0.25) is 14.4 Å². The van der Waals surface area contributed by atoms with E-state index in [-0.39, 0.29) is 25.0 Å². The van der Waals surface area contributed by atoms with Gasteiger partial charge in [-0.05, 0) is 12.2 Å². The van der Waals surface area contributed by atoms with Crippen molar-refractivity contribution in [1.82, 2.24) is 10.6 Å². The lowest BCUT2D eigenvalue weighted by Crippen LogP contribution is -2.43. The quantitative estimate of drug-likeness (QED) is 0.369. The van der Waals surface area contributed by atoms with E-state index in [1.54, 1.807) is 0 Å². The van der Waals surface area contributed by atoms with E-state index in [0.717, 1.165) is 0 Å². The summed E-state index contributed by atoms with van der Waals surface area (Å²) in [6, 6.07) is -0.659. The average Bonchev–Trinajstić information content (AvgIpc) is 2.33. The normalized spacial score (nSPS) is 11.7. The minimum atomic E-state index is -0.659. The van der Waals surface area contributed by atoms with Crippen molar-refractivity contribution in [2.45, 2.75) is 25.8 Å². The van der Waals surface area contributed by atoms with Crippen molar-refractivity contribution >= 4 is 29.5 Å². The summed E-state index contributed by atoms with van der Waals surface area (Å²) in [5.41, 5.74) is 5.15. The number of primary amides is 1. The van der Waals surface area contributed by atoms with E-state index in [2.05, 4.69) is 10.6 Å². The molecule has 0 radical (unpaired) electrons. The fourth-order valence-electron chi connectivity index (χ4n) is 1.28. The molecule has 3 amide bonds. The summed E-state index contributed by atoms with van der Waals surface area (Å²) < 4.78 is 0. The zero-order chi connectivity index (χ0) is 14.7. The zero-order valence-corrected chi connectivity index (χ0v) is 11.8. The Balaban J connectivity index is 3.68.